The second kappa shape index (κ2) is 10.0. The van der Waals surface area contributed by atoms with Crippen LogP contribution in [0.5, 0.6) is 0 Å². The predicted molar refractivity (Wildman–Crippen MR) is 121 cm³/mol. The van der Waals surface area contributed by atoms with Crippen LogP contribution < -0.4 is 5.32 Å². The fourth-order valence-corrected chi connectivity index (χ4v) is 8.13. The Morgan fingerprint density at radius 1 is 1.00 bits per heavy atom. The summed E-state index contributed by atoms with van der Waals surface area (Å²) in [5.41, 5.74) is 0. The van der Waals surface area contributed by atoms with E-state index < -0.39 is 22.0 Å². The highest BCUT2D eigenvalue weighted by molar-refractivity contribution is 7.91. The van der Waals surface area contributed by atoms with Gasteiger partial charge in [0.15, 0.2) is 9.34 Å². The molecule has 2 N–H and O–H groups in total. The van der Waals surface area contributed by atoms with Crippen molar-refractivity contribution in [3.05, 3.63) is 6.20 Å². The molecular formula is C21H32N4O5S2. The lowest BCUT2D eigenvalue weighted by atomic mass is 9.89. The highest BCUT2D eigenvalue weighted by Gasteiger charge is 2.40. The van der Waals surface area contributed by atoms with Gasteiger partial charge in [0, 0.05) is 18.6 Å². The van der Waals surface area contributed by atoms with Gasteiger partial charge in [0.1, 0.15) is 6.04 Å². The summed E-state index contributed by atoms with van der Waals surface area (Å²) >= 11 is 0.887. The minimum Gasteiger partial charge on any atom is -0.480 e. The molecule has 2 saturated carbocycles. The largest absolute Gasteiger partial charge is 0.480 e. The molecule has 1 aromatic rings. The van der Waals surface area contributed by atoms with Crippen molar-refractivity contribution in [3.8, 4) is 0 Å². The minimum absolute atomic E-state index is 0.0390. The molecule has 3 fully saturated rings. The predicted octanol–water partition coefficient (Wildman–Crippen LogP) is 3.88. The van der Waals surface area contributed by atoms with E-state index in [1.165, 1.54) is 19.0 Å². The van der Waals surface area contributed by atoms with Gasteiger partial charge >= 0.3 is 12.0 Å². The number of sulfonamides is 1. The first kappa shape index (κ1) is 23.4. The maximum Gasteiger partial charge on any atom is 0.324 e. The molecule has 9 nitrogen and oxygen atoms in total. The standard InChI is InChI=1S/C21H32N4O5S2/c26-19(27)17-12-7-13-24(17)32(29,30)18-14-22-20(31-18)23-21(28)25(15-8-3-1-4-9-15)16-10-5-2-6-11-16/h14-17H,1-13H2,(H,26,27)(H,22,23,28)/t17-/m0/s1. The van der Waals surface area contributed by atoms with Gasteiger partial charge in [-0.3, -0.25) is 10.1 Å². The molecular weight excluding hydrogens is 452 g/mol. The van der Waals surface area contributed by atoms with E-state index in [0.29, 0.717) is 12.8 Å². The molecule has 4 rings (SSSR count). The number of aromatic nitrogens is 1. The van der Waals surface area contributed by atoms with E-state index in [0.717, 1.165) is 67.0 Å². The van der Waals surface area contributed by atoms with Crippen molar-refractivity contribution in [1.29, 1.82) is 0 Å². The molecule has 3 aliphatic rings. The molecule has 2 amide bonds. The number of hydrogen-bond acceptors (Lipinski definition) is 6. The highest BCUT2D eigenvalue weighted by Crippen LogP contribution is 2.33. The van der Waals surface area contributed by atoms with Gasteiger partial charge in [0.2, 0.25) is 0 Å². The zero-order valence-electron chi connectivity index (χ0n) is 18.2. The number of carboxylic acids is 1. The first-order chi connectivity index (χ1) is 15.4. The summed E-state index contributed by atoms with van der Waals surface area (Å²) in [6.07, 6.45) is 13.0. The van der Waals surface area contributed by atoms with Gasteiger partial charge in [-0.05, 0) is 38.5 Å². The fraction of sp³-hybridized carbons (Fsp3) is 0.762. The van der Waals surface area contributed by atoms with Gasteiger partial charge in [0.05, 0.1) is 6.20 Å². The maximum atomic E-state index is 13.3. The smallest absolute Gasteiger partial charge is 0.324 e. The van der Waals surface area contributed by atoms with E-state index in [2.05, 4.69) is 10.3 Å². The summed E-state index contributed by atoms with van der Waals surface area (Å²) in [7, 11) is -3.97. The van der Waals surface area contributed by atoms with Crippen molar-refractivity contribution < 1.29 is 23.1 Å². The Balaban J connectivity index is 1.49. The number of hydrogen-bond donors (Lipinski definition) is 2. The number of amides is 2. The number of nitrogens with one attached hydrogen (secondary N) is 1. The molecule has 11 heteroatoms. The van der Waals surface area contributed by atoms with Crippen LogP contribution in [0.15, 0.2) is 10.4 Å². The van der Waals surface area contributed by atoms with Crippen LogP contribution in [0.4, 0.5) is 9.93 Å². The molecule has 1 aromatic heterocycles. The van der Waals surface area contributed by atoms with Crippen LogP contribution in [-0.4, -0.2) is 64.4 Å². The topological polar surface area (TPSA) is 120 Å². The summed E-state index contributed by atoms with van der Waals surface area (Å²) in [6.45, 7) is 0.177. The number of anilines is 1. The third kappa shape index (κ3) is 4.94. The number of thiazole rings is 1. The van der Waals surface area contributed by atoms with Gasteiger partial charge < -0.3 is 10.0 Å². The van der Waals surface area contributed by atoms with Gasteiger partial charge in [-0.2, -0.15) is 4.31 Å². The Kier molecular flexibility index (Phi) is 7.36. The van der Waals surface area contributed by atoms with E-state index in [9.17, 15) is 23.1 Å². The van der Waals surface area contributed by atoms with Crippen molar-refractivity contribution in [2.75, 3.05) is 11.9 Å². The van der Waals surface area contributed by atoms with Crippen molar-refractivity contribution in [2.45, 2.75) is 99.4 Å². The number of aliphatic carboxylic acids is 1. The van der Waals surface area contributed by atoms with Gasteiger partial charge in [0.25, 0.3) is 10.0 Å². The number of nitrogens with zero attached hydrogens (tertiary/aromatic N) is 3. The zero-order chi connectivity index (χ0) is 22.7. The molecule has 32 heavy (non-hydrogen) atoms. The molecule has 0 unspecified atom stereocenters. The van der Waals surface area contributed by atoms with Gasteiger partial charge in [-0.15, -0.1) is 0 Å². The number of carbonyl (C=O) groups excluding carboxylic acids is 1. The first-order valence-corrected chi connectivity index (χ1v) is 13.9. The average molecular weight is 485 g/mol. The van der Waals surface area contributed by atoms with E-state index in [1.54, 1.807) is 0 Å². The number of urea groups is 1. The van der Waals surface area contributed by atoms with Gasteiger partial charge in [-0.25, -0.2) is 18.2 Å². The Bertz CT molecular complexity index is 904. The summed E-state index contributed by atoms with van der Waals surface area (Å²) in [5.74, 6) is -1.14. The van der Waals surface area contributed by atoms with E-state index in [-0.39, 0.29) is 34.0 Å². The third-order valence-electron chi connectivity index (χ3n) is 6.92. The molecule has 0 spiro atoms. The van der Waals surface area contributed by atoms with Crippen LogP contribution >= 0.6 is 11.3 Å². The van der Waals surface area contributed by atoms with E-state index >= 15 is 0 Å². The van der Waals surface area contributed by atoms with Gasteiger partial charge in [-0.1, -0.05) is 49.9 Å². The Morgan fingerprint density at radius 3 is 2.16 bits per heavy atom. The fourth-order valence-electron chi connectivity index (χ4n) is 5.33. The van der Waals surface area contributed by atoms with Crippen LogP contribution in [0, 0.1) is 0 Å². The summed E-state index contributed by atoms with van der Waals surface area (Å²) in [5, 5.41) is 12.4. The summed E-state index contributed by atoms with van der Waals surface area (Å²) < 4.78 is 27.0. The minimum atomic E-state index is -3.97. The number of rotatable bonds is 6. The van der Waals surface area contributed by atoms with Crippen LogP contribution in [0.1, 0.15) is 77.0 Å². The molecule has 0 aromatic carbocycles. The lowest BCUT2D eigenvalue weighted by Gasteiger charge is -2.41. The van der Waals surface area contributed by atoms with Crippen LogP contribution in [-0.2, 0) is 14.8 Å². The molecule has 2 heterocycles. The summed E-state index contributed by atoms with van der Waals surface area (Å²) in [4.78, 5) is 30.9. The summed E-state index contributed by atoms with van der Waals surface area (Å²) in [6, 6.07) is -0.813. The maximum absolute atomic E-state index is 13.3. The van der Waals surface area contributed by atoms with Crippen LogP contribution in [0.3, 0.4) is 0 Å². The van der Waals surface area contributed by atoms with E-state index in [1.807, 2.05) is 4.90 Å². The third-order valence-corrected chi connectivity index (χ3v) is 10.2. The quantitative estimate of drug-likeness (QED) is 0.632. The van der Waals surface area contributed by atoms with E-state index in [4.69, 9.17) is 0 Å². The molecule has 0 bridgehead atoms. The van der Waals surface area contributed by atoms with Crippen molar-refractivity contribution in [3.63, 3.8) is 0 Å². The Morgan fingerprint density at radius 2 is 1.59 bits per heavy atom. The monoisotopic (exact) mass is 484 g/mol. The molecule has 0 radical (unpaired) electrons. The second-order valence-electron chi connectivity index (χ2n) is 9.02. The lowest BCUT2D eigenvalue weighted by molar-refractivity contribution is -0.140. The van der Waals surface area contributed by atoms with Crippen molar-refractivity contribution in [2.24, 2.45) is 0 Å². The van der Waals surface area contributed by atoms with Crippen molar-refractivity contribution in [1.82, 2.24) is 14.2 Å². The SMILES string of the molecule is O=C(O)[C@@H]1CCCN1S(=O)(=O)c1cnc(NC(=O)N(C2CCCCC2)C2CCCCC2)s1. The number of carbonyl (C=O) groups is 2. The van der Waals surface area contributed by atoms with Crippen molar-refractivity contribution >= 4 is 38.5 Å². The molecule has 178 valence electrons. The molecule has 1 aliphatic heterocycles. The Labute approximate surface area is 193 Å². The highest BCUT2D eigenvalue weighted by atomic mass is 32.2. The van der Waals surface area contributed by atoms with Crippen LogP contribution in [0.25, 0.3) is 0 Å². The molecule has 1 atom stereocenters. The molecule has 2 aliphatic carbocycles. The molecule has 1 saturated heterocycles. The number of carboxylic acid groups (broad SMARTS) is 1. The zero-order valence-corrected chi connectivity index (χ0v) is 19.9. The van der Waals surface area contributed by atoms with Crippen LogP contribution in [0.2, 0.25) is 0 Å². The average Bonchev–Trinajstić information content (AvgIpc) is 3.46. The second-order valence-corrected chi connectivity index (χ2v) is 12.2. The lowest BCUT2D eigenvalue weighted by Crippen LogP contribution is -2.50. The Hall–Kier alpha value is -1.72. The normalized spacial score (nSPS) is 23.8. The first-order valence-electron chi connectivity index (χ1n) is 11.7.